The average molecular weight is 411 g/mol. The molecule has 0 saturated carbocycles. The second kappa shape index (κ2) is 6.00. The fourth-order valence-electron chi connectivity index (χ4n) is 3.49. The number of hydrogen-bond acceptors (Lipinski definition) is 3. The van der Waals surface area contributed by atoms with Gasteiger partial charge in [0, 0.05) is 5.56 Å². The number of nitrogens with one attached hydrogen (secondary N) is 2. The molecule has 1 atom stereocenters. The number of carbonyl (C=O) groups is 3. The van der Waals surface area contributed by atoms with Crippen LogP contribution in [0.3, 0.4) is 0 Å². The highest BCUT2D eigenvalue weighted by Gasteiger charge is 2.61. The van der Waals surface area contributed by atoms with Crippen LogP contribution in [0.25, 0.3) is 0 Å². The van der Waals surface area contributed by atoms with Crippen LogP contribution in [0.2, 0.25) is 0 Å². The van der Waals surface area contributed by atoms with E-state index < -0.39 is 53.3 Å². The first-order valence-corrected chi connectivity index (χ1v) is 8.15. The summed E-state index contributed by atoms with van der Waals surface area (Å²) in [6.07, 6.45) is -4.95. The van der Waals surface area contributed by atoms with Gasteiger partial charge in [0.25, 0.3) is 11.8 Å². The van der Waals surface area contributed by atoms with Gasteiger partial charge in [-0.05, 0) is 35.9 Å². The fourth-order valence-corrected chi connectivity index (χ4v) is 3.49. The molecule has 0 aromatic heterocycles. The number of imide groups is 1. The Morgan fingerprint density at radius 1 is 1.00 bits per heavy atom. The van der Waals surface area contributed by atoms with E-state index in [9.17, 15) is 36.3 Å². The highest BCUT2D eigenvalue weighted by Crippen LogP contribution is 2.43. The summed E-state index contributed by atoms with van der Waals surface area (Å²) in [5.41, 5.74) is -3.93. The smallest absolute Gasteiger partial charge is 0.312 e. The van der Waals surface area contributed by atoms with Crippen LogP contribution in [0.4, 0.5) is 32.4 Å². The zero-order valence-electron chi connectivity index (χ0n) is 14.2. The van der Waals surface area contributed by atoms with Crippen molar-refractivity contribution in [3.05, 3.63) is 64.7 Å². The predicted molar refractivity (Wildman–Crippen MR) is 87.3 cm³/mol. The molecular formula is C18H10F5N3O3. The van der Waals surface area contributed by atoms with Gasteiger partial charge >= 0.3 is 12.2 Å². The molecule has 1 saturated heterocycles. The number of fused-ring (bicyclic) bond motifs is 2. The highest BCUT2D eigenvalue weighted by molar-refractivity contribution is 6.27. The van der Waals surface area contributed by atoms with Gasteiger partial charge in [-0.3, -0.25) is 14.9 Å². The van der Waals surface area contributed by atoms with Crippen molar-refractivity contribution in [2.45, 2.75) is 18.3 Å². The molecule has 1 fully saturated rings. The minimum Gasteiger partial charge on any atom is -0.312 e. The minimum absolute atomic E-state index is 0.0339. The summed E-state index contributed by atoms with van der Waals surface area (Å²) in [4.78, 5) is 38.0. The maximum Gasteiger partial charge on any atom is 0.419 e. The Bertz CT molecular complexity index is 1080. The molecule has 1 spiro atoms. The predicted octanol–water partition coefficient (Wildman–Crippen LogP) is 2.57. The zero-order chi connectivity index (χ0) is 21.1. The van der Waals surface area contributed by atoms with Crippen molar-refractivity contribution in [2.24, 2.45) is 0 Å². The topological polar surface area (TPSA) is 78.5 Å². The van der Waals surface area contributed by atoms with E-state index in [1.54, 1.807) is 0 Å². The Morgan fingerprint density at radius 3 is 2.34 bits per heavy atom. The lowest BCUT2D eigenvalue weighted by atomic mass is 9.91. The molecule has 29 heavy (non-hydrogen) atoms. The van der Waals surface area contributed by atoms with Gasteiger partial charge in [-0.15, -0.1) is 0 Å². The number of carbonyl (C=O) groups excluding carboxylic acids is 3. The van der Waals surface area contributed by atoms with Crippen molar-refractivity contribution in [3.8, 4) is 0 Å². The fraction of sp³-hybridized carbons (Fsp3) is 0.167. The van der Waals surface area contributed by atoms with E-state index in [4.69, 9.17) is 0 Å². The Hall–Kier alpha value is -3.50. The summed E-state index contributed by atoms with van der Waals surface area (Å²) in [5.74, 6) is -4.26. The largest absolute Gasteiger partial charge is 0.419 e. The Morgan fingerprint density at radius 2 is 1.72 bits per heavy atom. The van der Waals surface area contributed by atoms with E-state index in [1.165, 1.54) is 6.07 Å². The van der Waals surface area contributed by atoms with Crippen molar-refractivity contribution in [1.29, 1.82) is 0 Å². The SMILES string of the molecule is O=C1NC(=O)C2(N1)C(=O)N(Cc1ccc(F)c(C(F)(F)F)c1)c1ccc(F)cc12. The molecule has 1 unspecified atom stereocenters. The first-order valence-electron chi connectivity index (χ1n) is 8.15. The number of hydrogen-bond donors (Lipinski definition) is 2. The molecule has 2 aliphatic heterocycles. The molecule has 150 valence electrons. The maximum atomic E-state index is 13.8. The Kier molecular flexibility index (Phi) is 3.90. The van der Waals surface area contributed by atoms with E-state index in [-0.39, 0.29) is 16.8 Å². The van der Waals surface area contributed by atoms with Gasteiger partial charge in [-0.2, -0.15) is 13.2 Å². The van der Waals surface area contributed by atoms with Crippen molar-refractivity contribution in [1.82, 2.24) is 10.6 Å². The van der Waals surface area contributed by atoms with Crippen LogP contribution in [0, 0.1) is 11.6 Å². The van der Waals surface area contributed by atoms with E-state index >= 15 is 0 Å². The van der Waals surface area contributed by atoms with Crippen molar-refractivity contribution in [3.63, 3.8) is 0 Å². The maximum absolute atomic E-state index is 13.8. The molecule has 2 aromatic carbocycles. The van der Waals surface area contributed by atoms with Crippen LogP contribution in [0.5, 0.6) is 0 Å². The number of rotatable bonds is 2. The number of benzene rings is 2. The van der Waals surface area contributed by atoms with Crippen LogP contribution < -0.4 is 15.5 Å². The number of halogens is 5. The lowest BCUT2D eigenvalue weighted by Crippen LogP contribution is -2.52. The number of amides is 4. The molecule has 2 aromatic rings. The third kappa shape index (κ3) is 2.72. The van der Waals surface area contributed by atoms with E-state index in [0.29, 0.717) is 12.1 Å². The number of urea groups is 1. The van der Waals surface area contributed by atoms with Crippen LogP contribution in [-0.4, -0.2) is 17.8 Å². The van der Waals surface area contributed by atoms with Crippen LogP contribution in [0.15, 0.2) is 36.4 Å². The number of alkyl halides is 3. The molecule has 11 heteroatoms. The second-order valence-electron chi connectivity index (χ2n) is 6.52. The van der Waals surface area contributed by atoms with Crippen molar-refractivity contribution in [2.75, 3.05) is 4.90 Å². The molecule has 6 nitrogen and oxygen atoms in total. The molecule has 2 heterocycles. The average Bonchev–Trinajstić information content (AvgIpc) is 3.05. The van der Waals surface area contributed by atoms with Gasteiger partial charge in [-0.1, -0.05) is 6.07 Å². The minimum atomic E-state index is -4.95. The summed E-state index contributed by atoms with van der Waals surface area (Å²) in [7, 11) is 0. The summed E-state index contributed by atoms with van der Waals surface area (Å²) >= 11 is 0. The molecule has 0 aliphatic carbocycles. The second-order valence-corrected chi connectivity index (χ2v) is 6.52. The zero-order valence-corrected chi connectivity index (χ0v) is 14.2. The molecular weight excluding hydrogens is 401 g/mol. The first-order chi connectivity index (χ1) is 13.5. The van der Waals surface area contributed by atoms with Gasteiger partial charge < -0.3 is 10.2 Å². The highest BCUT2D eigenvalue weighted by atomic mass is 19.4. The van der Waals surface area contributed by atoms with Gasteiger partial charge in [0.15, 0.2) is 0 Å². The van der Waals surface area contributed by atoms with Gasteiger partial charge in [-0.25, -0.2) is 13.6 Å². The monoisotopic (exact) mass is 411 g/mol. The van der Waals surface area contributed by atoms with Crippen LogP contribution in [-0.2, 0) is 27.8 Å². The molecule has 0 bridgehead atoms. The van der Waals surface area contributed by atoms with Gasteiger partial charge in [0.05, 0.1) is 17.8 Å². The third-order valence-electron chi connectivity index (χ3n) is 4.76. The summed E-state index contributed by atoms with van der Waals surface area (Å²) < 4.78 is 66.2. The van der Waals surface area contributed by atoms with E-state index in [0.717, 1.165) is 23.1 Å². The summed E-state index contributed by atoms with van der Waals surface area (Å²) in [6.45, 7) is -0.467. The third-order valence-corrected chi connectivity index (χ3v) is 4.76. The first kappa shape index (κ1) is 18.8. The number of nitrogens with zero attached hydrogens (tertiary/aromatic N) is 1. The van der Waals surface area contributed by atoms with Gasteiger partial charge in [0.2, 0.25) is 5.54 Å². The lowest BCUT2D eigenvalue weighted by Gasteiger charge is -2.21. The Balaban J connectivity index is 1.80. The van der Waals surface area contributed by atoms with Crippen LogP contribution in [0.1, 0.15) is 16.7 Å². The number of anilines is 1. The molecule has 4 rings (SSSR count). The van der Waals surface area contributed by atoms with Gasteiger partial charge in [0.1, 0.15) is 11.6 Å². The normalized spacial score (nSPS) is 20.9. The molecule has 0 radical (unpaired) electrons. The van der Waals surface area contributed by atoms with Crippen LogP contribution >= 0.6 is 0 Å². The molecule has 2 N–H and O–H groups in total. The van der Waals surface area contributed by atoms with E-state index in [1.807, 2.05) is 5.32 Å². The quantitative estimate of drug-likeness (QED) is 0.453. The lowest BCUT2D eigenvalue weighted by molar-refractivity contribution is -0.140. The Labute approximate surface area is 159 Å². The van der Waals surface area contributed by atoms with Crippen molar-refractivity contribution < 1.29 is 36.3 Å². The summed E-state index contributed by atoms with van der Waals surface area (Å²) in [6, 6.07) is 4.31. The van der Waals surface area contributed by atoms with Crippen molar-refractivity contribution >= 4 is 23.5 Å². The summed E-state index contributed by atoms with van der Waals surface area (Å²) in [5, 5.41) is 4.08. The molecule has 2 aliphatic rings. The standard InChI is InChI=1S/C18H10F5N3O3/c19-9-2-4-13-11(6-9)17(14(27)24-16(29)25-17)15(28)26(13)7-8-1-3-12(20)10(5-8)18(21,22)23/h1-6H,7H2,(H2,24,25,27,29). The molecule has 4 amide bonds. The van der Waals surface area contributed by atoms with E-state index in [2.05, 4.69) is 5.32 Å².